The van der Waals surface area contributed by atoms with E-state index in [0.717, 1.165) is 37.2 Å². The fraction of sp³-hybridized carbons (Fsp3) is 0.348. The molecule has 27 heavy (non-hydrogen) atoms. The van der Waals surface area contributed by atoms with Crippen molar-refractivity contribution in [1.82, 2.24) is 9.47 Å². The SMILES string of the molecule is COc1ccc(CC(=O)N2CCC(c3cn(C)c4ccccc34)CC2)cc1. The summed E-state index contributed by atoms with van der Waals surface area (Å²) < 4.78 is 7.39. The lowest BCUT2D eigenvalue weighted by Gasteiger charge is -2.32. The highest BCUT2D eigenvalue weighted by Crippen LogP contribution is 2.34. The number of para-hydroxylation sites is 1. The Kier molecular flexibility index (Phi) is 4.88. The van der Waals surface area contributed by atoms with Gasteiger partial charge in [0.2, 0.25) is 5.91 Å². The van der Waals surface area contributed by atoms with Crippen molar-refractivity contribution in [3.8, 4) is 5.75 Å². The van der Waals surface area contributed by atoms with Crippen molar-refractivity contribution in [2.24, 2.45) is 7.05 Å². The lowest BCUT2D eigenvalue weighted by atomic mass is 9.89. The van der Waals surface area contributed by atoms with Crippen LogP contribution in [0.5, 0.6) is 5.75 Å². The highest BCUT2D eigenvalue weighted by atomic mass is 16.5. The zero-order valence-electron chi connectivity index (χ0n) is 16.0. The van der Waals surface area contributed by atoms with Crippen molar-refractivity contribution in [1.29, 1.82) is 0 Å². The Balaban J connectivity index is 1.40. The second-order valence-electron chi connectivity index (χ2n) is 7.39. The Morgan fingerprint density at radius 1 is 1.07 bits per heavy atom. The number of fused-ring (bicyclic) bond motifs is 1. The molecule has 0 bridgehead atoms. The first kappa shape index (κ1) is 17.7. The number of aryl methyl sites for hydroxylation is 1. The van der Waals surface area contributed by atoms with E-state index in [1.54, 1.807) is 7.11 Å². The van der Waals surface area contributed by atoms with E-state index >= 15 is 0 Å². The monoisotopic (exact) mass is 362 g/mol. The molecule has 2 aromatic carbocycles. The number of benzene rings is 2. The van der Waals surface area contributed by atoms with Gasteiger partial charge in [-0.3, -0.25) is 4.79 Å². The maximum Gasteiger partial charge on any atom is 0.226 e. The van der Waals surface area contributed by atoms with E-state index in [4.69, 9.17) is 4.74 Å². The van der Waals surface area contributed by atoms with Crippen LogP contribution < -0.4 is 4.74 Å². The van der Waals surface area contributed by atoms with Crippen LogP contribution in [-0.2, 0) is 18.3 Å². The third kappa shape index (κ3) is 3.57. The minimum absolute atomic E-state index is 0.219. The van der Waals surface area contributed by atoms with Crippen LogP contribution in [0.4, 0.5) is 0 Å². The van der Waals surface area contributed by atoms with Gasteiger partial charge >= 0.3 is 0 Å². The van der Waals surface area contributed by atoms with Crippen LogP contribution in [-0.4, -0.2) is 35.6 Å². The molecule has 4 heteroatoms. The van der Waals surface area contributed by atoms with E-state index in [2.05, 4.69) is 42.1 Å². The van der Waals surface area contributed by atoms with Gasteiger partial charge in [0.15, 0.2) is 0 Å². The van der Waals surface area contributed by atoms with E-state index in [9.17, 15) is 4.79 Å². The molecule has 0 N–H and O–H groups in total. The topological polar surface area (TPSA) is 34.5 Å². The summed E-state index contributed by atoms with van der Waals surface area (Å²) in [6.07, 6.45) is 4.79. The number of ether oxygens (including phenoxy) is 1. The van der Waals surface area contributed by atoms with Crippen molar-refractivity contribution in [3.05, 3.63) is 65.9 Å². The van der Waals surface area contributed by atoms with Crippen molar-refractivity contribution >= 4 is 16.8 Å². The van der Waals surface area contributed by atoms with E-state index in [-0.39, 0.29) is 5.91 Å². The second-order valence-corrected chi connectivity index (χ2v) is 7.39. The first-order valence-electron chi connectivity index (χ1n) is 9.60. The number of aromatic nitrogens is 1. The molecule has 1 saturated heterocycles. The molecule has 1 aliphatic rings. The molecule has 3 aromatic rings. The van der Waals surface area contributed by atoms with Gasteiger partial charge in [-0.05, 0) is 48.1 Å². The van der Waals surface area contributed by atoms with Crippen LogP contribution >= 0.6 is 0 Å². The second kappa shape index (κ2) is 7.47. The minimum Gasteiger partial charge on any atom is -0.497 e. The molecule has 0 radical (unpaired) electrons. The maximum atomic E-state index is 12.7. The molecule has 4 nitrogen and oxygen atoms in total. The molecule has 0 spiro atoms. The van der Waals surface area contributed by atoms with E-state index in [0.29, 0.717) is 12.3 Å². The summed E-state index contributed by atoms with van der Waals surface area (Å²) in [6, 6.07) is 16.4. The lowest BCUT2D eigenvalue weighted by Crippen LogP contribution is -2.38. The summed E-state index contributed by atoms with van der Waals surface area (Å²) >= 11 is 0. The zero-order valence-corrected chi connectivity index (χ0v) is 16.0. The van der Waals surface area contributed by atoms with Gasteiger partial charge in [0.05, 0.1) is 13.5 Å². The van der Waals surface area contributed by atoms with Gasteiger partial charge in [0, 0.05) is 37.2 Å². The van der Waals surface area contributed by atoms with Crippen LogP contribution in [0, 0.1) is 0 Å². The Morgan fingerprint density at radius 2 is 1.78 bits per heavy atom. The first-order chi connectivity index (χ1) is 13.2. The lowest BCUT2D eigenvalue weighted by molar-refractivity contribution is -0.131. The summed E-state index contributed by atoms with van der Waals surface area (Å²) in [5, 5.41) is 1.35. The number of amides is 1. The summed E-state index contributed by atoms with van der Waals surface area (Å²) in [7, 11) is 3.76. The van der Waals surface area contributed by atoms with Crippen LogP contribution in [0.1, 0.15) is 29.9 Å². The molecule has 1 fully saturated rings. The smallest absolute Gasteiger partial charge is 0.226 e. The highest BCUT2D eigenvalue weighted by molar-refractivity contribution is 5.84. The van der Waals surface area contributed by atoms with Crippen LogP contribution in [0.25, 0.3) is 10.9 Å². The highest BCUT2D eigenvalue weighted by Gasteiger charge is 2.25. The number of methoxy groups -OCH3 is 1. The van der Waals surface area contributed by atoms with Gasteiger partial charge in [0.1, 0.15) is 5.75 Å². The fourth-order valence-electron chi connectivity index (χ4n) is 4.17. The minimum atomic E-state index is 0.219. The molecular weight excluding hydrogens is 336 g/mol. The molecule has 0 saturated carbocycles. The number of piperidine rings is 1. The molecule has 140 valence electrons. The Morgan fingerprint density at radius 3 is 2.48 bits per heavy atom. The van der Waals surface area contributed by atoms with Crippen molar-refractivity contribution < 1.29 is 9.53 Å². The standard InChI is InChI=1S/C23H26N2O2/c1-24-16-21(20-5-3-4-6-22(20)24)18-11-13-25(14-12-18)23(26)15-17-7-9-19(27-2)10-8-17/h3-10,16,18H,11-15H2,1-2H3. The van der Waals surface area contributed by atoms with Crippen molar-refractivity contribution in [2.75, 3.05) is 20.2 Å². The predicted octanol–water partition coefficient (Wildman–Crippen LogP) is 4.14. The predicted molar refractivity (Wildman–Crippen MR) is 108 cm³/mol. The summed E-state index contributed by atoms with van der Waals surface area (Å²) in [4.78, 5) is 14.7. The number of hydrogen-bond acceptors (Lipinski definition) is 2. The summed E-state index contributed by atoms with van der Waals surface area (Å²) in [6.45, 7) is 1.67. The third-order valence-corrected chi connectivity index (χ3v) is 5.73. The normalized spacial score (nSPS) is 15.3. The Hall–Kier alpha value is -2.75. The number of nitrogens with zero attached hydrogens (tertiary/aromatic N) is 2. The quantitative estimate of drug-likeness (QED) is 0.699. The summed E-state index contributed by atoms with van der Waals surface area (Å²) in [5.74, 6) is 1.57. The molecule has 0 atom stereocenters. The number of carbonyl (C=O) groups is 1. The van der Waals surface area contributed by atoms with Crippen molar-refractivity contribution in [2.45, 2.75) is 25.2 Å². The molecule has 4 rings (SSSR count). The largest absolute Gasteiger partial charge is 0.497 e. The zero-order chi connectivity index (χ0) is 18.8. The number of carbonyl (C=O) groups excluding carboxylic acids is 1. The Bertz CT molecular complexity index is 935. The molecule has 0 unspecified atom stereocenters. The van der Waals surface area contributed by atoms with Crippen LogP contribution in [0.2, 0.25) is 0 Å². The van der Waals surface area contributed by atoms with Crippen LogP contribution in [0.3, 0.4) is 0 Å². The Labute approximate surface area is 160 Å². The van der Waals surface area contributed by atoms with E-state index < -0.39 is 0 Å². The van der Waals surface area contributed by atoms with Gasteiger partial charge in [-0.1, -0.05) is 30.3 Å². The van der Waals surface area contributed by atoms with Gasteiger partial charge in [-0.15, -0.1) is 0 Å². The van der Waals surface area contributed by atoms with Crippen molar-refractivity contribution in [3.63, 3.8) is 0 Å². The number of rotatable bonds is 4. The number of likely N-dealkylation sites (tertiary alicyclic amines) is 1. The average Bonchev–Trinajstić information content (AvgIpc) is 3.06. The summed E-state index contributed by atoms with van der Waals surface area (Å²) in [5.41, 5.74) is 3.75. The molecule has 0 aliphatic carbocycles. The molecule has 1 aliphatic heterocycles. The molecule has 1 aromatic heterocycles. The molecule has 2 heterocycles. The molecule has 1 amide bonds. The van der Waals surface area contributed by atoms with Gasteiger partial charge < -0.3 is 14.2 Å². The third-order valence-electron chi connectivity index (χ3n) is 5.73. The van der Waals surface area contributed by atoms with Gasteiger partial charge in [0.25, 0.3) is 0 Å². The maximum absolute atomic E-state index is 12.7. The van der Waals surface area contributed by atoms with Gasteiger partial charge in [-0.25, -0.2) is 0 Å². The molecular formula is C23H26N2O2. The average molecular weight is 362 g/mol. The fourth-order valence-corrected chi connectivity index (χ4v) is 4.17. The van der Waals surface area contributed by atoms with Crippen LogP contribution in [0.15, 0.2) is 54.7 Å². The number of hydrogen-bond donors (Lipinski definition) is 0. The van der Waals surface area contributed by atoms with E-state index in [1.165, 1.54) is 16.5 Å². The first-order valence-corrected chi connectivity index (χ1v) is 9.60. The van der Waals surface area contributed by atoms with E-state index in [1.807, 2.05) is 29.2 Å². The van der Waals surface area contributed by atoms with Gasteiger partial charge in [-0.2, -0.15) is 0 Å².